The standard InChI is InChI=1S/C13H15N3O/c1-9-6-7-10-11(8-9)15-16(14-10)12-4-2-3-5-13(12)17/h2-5,9,17H,6-8H2,1H3. The van der Waals surface area contributed by atoms with Gasteiger partial charge in [-0.3, -0.25) is 0 Å². The maximum Gasteiger partial charge on any atom is 0.143 e. The van der Waals surface area contributed by atoms with E-state index in [9.17, 15) is 5.11 Å². The zero-order chi connectivity index (χ0) is 11.8. The summed E-state index contributed by atoms with van der Waals surface area (Å²) in [5, 5.41) is 18.7. The van der Waals surface area contributed by atoms with E-state index in [1.807, 2.05) is 12.1 Å². The molecule has 1 heterocycles. The average Bonchev–Trinajstić information content (AvgIpc) is 2.72. The molecule has 0 fully saturated rings. The molecule has 0 saturated heterocycles. The number of fused-ring (bicyclic) bond motifs is 1. The van der Waals surface area contributed by atoms with Gasteiger partial charge in [-0.2, -0.15) is 10.2 Å². The van der Waals surface area contributed by atoms with E-state index in [4.69, 9.17) is 0 Å². The second-order valence-corrected chi connectivity index (χ2v) is 4.72. The number of nitrogens with zero attached hydrogens (tertiary/aromatic N) is 3. The highest BCUT2D eigenvalue weighted by molar-refractivity contribution is 5.44. The first-order valence-electron chi connectivity index (χ1n) is 5.97. The van der Waals surface area contributed by atoms with E-state index in [-0.39, 0.29) is 5.75 Å². The van der Waals surface area contributed by atoms with Gasteiger partial charge in [0.15, 0.2) is 0 Å². The molecule has 17 heavy (non-hydrogen) atoms. The van der Waals surface area contributed by atoms with Gasteiger partial charge in [0.2, 0.25) is 0 Å². The third-order valence-corrected chi connectivity index (χ3v) is 3.28. The molecule has 2 aromatic rings. The first-order chi connectivity index (χ1) is 8.24. The molecule has 1 aliphatic rings. The van der Waals surface area contributed by atoms with Gasteiger partial charge >= 0.3 is 0 Å². The highest BCUT2D eigenvalue weighted by Gasteiger charge is 2.21. The Morgan fingerprint density at radius 2 is 2.00 bits per heavy atom. The van der Waals surface area contributed by atoms with Crippen LogP contribution in [0.15, 0.2) is 24.3 Å². The normalized spacial score (nSPS) is 19.0. The minimum Gasteiger partial charge on any atom is -0.506 e. The lowest BCUT2D eigenvalue weighted by Gasteiger charge is -2.14. The van der Waals surface area contributed by atoms with Crippen LogP contribution in [0.5, 0.6) is 5.75 Å². The van der Waals surface area contributed by atoms with Gasteiger partial charge in [0.25, 0.3) is 0 Å². The van der Waals surface area contributed by atoms with Crippen LogP contribution in [0, 0.1) is 5.92 Å². The number of hydrogen-bond acceptors (Lipinski definition) is 3. The van der Waals surface area contributed by atoms with Crippen LogP contribution >= 0.6 is 0 Å². The molecule has 1 aromatic carbocycles. The zero-order valence-electron chi connectivity index (χ0n) is 9.80. The first kappa shape index (κ1) is 10.3. The molecule has 4 nitrogen and oxygen atoms in total. The van der Waals surface area contributed by atoms with E-state index in [2.05, 4.69) is 17.1 Å². The van der Waals surface area contributed by atoms with E-state index >= 15 is 0 Å². The molecular weight excluding hydrogens is 214 g/mol. The van der Waals surface area contributed by atoms with Gasteiger partial charge in [-0.15, -0.1) is 4.80 Å². The number of aryl methyl sites for hydroxylation is 1. The van der Waals surface area contributed by atoms with Crippen molar-refractivity contribution in [2.45, 2.75) is 26.2 Å². The summed E-state index contributed by atoms with van der Waals surface area (Å²) >= 11 is 0. The molecule has 0 radical (unpaired) electrons. The Morgan fingerprint density at radius 1 is 1.24 bits per heavy atom. The van der Waals surface area contributed by atoms with Gasteiger partial charge in [-0.25, -0.2) is 0 Å². The molecule has 0 spiro atoms. The fraction of sp³-hybridized carbons (Fsp3) is 0.385. The van der Waals surface area contributed by atoms with Gasteiger partial charge in [0, 0.05) is 0 Å². The second kappa shape index (κ2) is 3.87. The quantitative estimate of drug-likeness (QED) is 0.814. The van der Waals surface area contributed by atoms with Crippen molar-refractivity contribution in [1.82, 2.24) is 15.0 Å². The van der Waals surface area contributed by atoms with Crippen LogP contribution in [0.4, 0.5) is 0 Å². The van der Waals surface area contributed by atoms with Crippen LogP contribution in [0.25, 0.3) is 5.69 Å². The van der Waals surface area contributed by atoms with E-state index in [1.165, 1.54) is 6.42 Å². The minimum absolute atomic E-state index is 0.216. The Hall–Kier alpha value is -1.84. The van der Waals surface area contributed by atoms with Crippen molar-refractivity contribution >= 4 is 0 Å². The van der Waals surface area contributed by atoms with E-state index in [0.29, 0.717) is 11.6 Å². The van der Waals surface area contributed by atoms with Crippen molar-refractivity contribution in [2.24, 2.45) is 5.92 Å². The third kappa shape index (κ3) is 1.79. The molecule has 0 amide bonds. The number of phenolic OH excluding ortho intramolecular Hbond substituents is 1. The molecule has 0 aliphatic heterocycles. The van der Waals surface area contributed by atoms with Gasteiger partial charge in [-0.05, 0) is 37.3 Å². The number of benzene rings is 1. The number of rotatable bonds is 1. The molecule has 0 bridgehead atoms. The van der Waals surface area contributed by atoms with Crippen LogP contribution in [-0.4, -0.2) is 20.1 Å². The van der Waals surface area contributed by atoms with Crippen molar-refractivity contribution in [1.29, 1.82) is 0 Å². The molecule has 1 unspecified atom stereocenters. The molecule has 4 heteroatoms. The largest absolute Gasteiger partial charge is 0.506 e. The lowest BCUT2D eigenvalue weighted by molar-refractivity contribution is 0.467. The first-order valence-corrected chi connectivity index (χ1v) is 5.97. The Morgan fingerprint density at radius 3 is 2.82 bits per heavy atom. The number of aromatic nitrogens is 3. The maximum absolute atomic E-state index is 9.78. The maximum atomic E-state index is 9.78. The van der Waals surface area contributed by atoms with E-state index < -0.39 is 0 Å². The number of phenols is 1. The SMILES string of the molecule is CC1CCc2nn(-c3ccccc3O)nc2C1. The lowest BCUT2D eigenvalue weighted by atomic mass is 9.92. The van der Waals surface area contributed by atoms with Crippen molar-refractivity contribution in [3.05, 3.63) is 35.7 Å². The van der Waals surface area contributed by atoms with Crippen LogP contribution < -0.4 is 0 Å². The molecule has 0 saturated carbocycles. The highest BCUT2D eigenvalue weighted by Crippen LogP contribution is 2.25. The van der Waals surface area contributed by atoms with Gasteiger partial charge in [0.1, 0.15) is 11.4 Å². The summed E-state index contributed by atoms with van der Waals surface area (Å²) in [6.45, 7) is 2.24. The fourth-order valence-electron chi connectivity index (χ4n) is 2.28. The summed E-state index contributed by atoms with van der Waals surface area (Å²) in [6.07, 6.45) is 3.15. The van der Waals surface area contributed by atoms with E-state index in [1.54, 1.807) is 16.9 Å². The number of aromatic hydroxyl groups is 1. The topological polar surface area (TPSA) is 50.9 Å². The monoisotopic (exact) mass is 229 g/mol. The zero-order valence-corrected chi connectivity index (χ0v) is 9.80. The summed E-state index contributed by atoms with van der Waals surface area (Å²) < 4.78 is 0. The molecular formula is C13H15N3O. The summed E-state index contributed by atoms with van der Waals surface area (Å²) in [7, 11) is 0. The fourth-order valence-corrected chi connectivity index (χ4v) is 2.28. The molecule has 1 atom stereocenters. The van der Waals surface area contributed by atoms with Crippen molar-refractivity contribution in [2.75, 3.05) is 0 Å². The van der Waals surface area contributed by atoms with E-state index in [0.717, 1.165) is 24.2 Å². The smallest absolute Gasteiger partial charge is 0.143 e. The summed E-state index contributed by atoms with van der Waals surface area (Å²) in [5.74, 6) is 0.893. The predicted molar refractivity (Wildman–Crippen MR) is 64.2 cm³/mol. The molecule has 1 aromatic heterocycles. The van der Waals surface area contributed by atoms with Crippen LogP contribution in [-0.2, 0) is 12.8 Å². The highest BCUT2D eigenvalue weighted by atomic mass is 16.3. The Bertz CT molecular complexity index is 547. The molecule has 1 aliphatic carbocycles. The van der Waals surface area contributed by atoms with Crippen molar-refractivity contribution in [3.63, 3.8) is 0 Å². The van der Waals surface area contributed by atoms with Crippen LogP contribution in [0.1, 0.15) is 24.7 Å². The Labute approximate surface area is 99.9 Å². The molecule has 88 valence electrons. The predicted octanol–water partition coefficient (Wildman–Crippen LogP) is 2.10. The summed E-state index contributed by atoms with van der Waals surface area (Å²) in [4.78, 5) is 1.55. The van der Waals surface area contributed by atoms with Crippen LogP contribution in [0.3, 0.4) is 0 Å². The third-order valence-electron chi connectivity index (χ3n) is 3.28. The van der Waals surface area contributed by atoms with Gasteiger partial charge < -0.3 is 5.11 Å². The number of hydrogen-bond donors (Lipinski definition) is 1. The second-order valence-electron chi connectivity index (χ2n) is 4.72. The average molecular weight is 229 g/mol. The van der Waals surface area contributed by atoms with Crippen molar-refractivity contribution in [3.8, 4) is 11.4 Å². The van der Waals surface area contributed by atoms with Crippen LogP contribution in [0.2, 0.25) is 0 Å². The molecule has 1 N–H and O–H groups in total. The van der Waals surface area contributed by atoms with Crippen molar-refractivity contribution < 1.29 is 5.11 Å². The number of para-hydroxylation sites is 2. The Kier molecular flexibility index (Phi) is 2.35. The Balaban J connectivity index is 2.03. The molecule has 3 rings (SSSR count). The van der Waals surface area contributed by atoms with Gasteiger partial charge in [-0.1, -0.05) is 19.1 Å². The summed E-state index contributed by atoms with van der Waals surface area (Å²) in [5.41, 5.74) is 2.80. The van der Waals surface area contributed by atoms with Gasteiger partial charge in [0.05, 0.1) is 11.4 Å². The minimum atomic E-state index is 0.216. The summed E-state index contributed by atoms with van der Waals surface area (Å²) in [6, 6.07) is 7.15. The lowest BCUT2D eigenvalue weighted by Crippen LogP contribution is -2.10.